The van der Waals surface area contributed by atoms with Crippen LogP contribution >= 0.6 is 0 Å². The van der Waals surface area contributed by atoms with E-state index >= 15 is 0 Å². The zero-order valence-electron chi connectivity index (χ0n) is 11.4. The van der Waals surface area contributed by atoms with Crippen molar-refractivity contribution in [3.8, 4) is 0 Å². The van der Waals surface area contributed by atoms with Gasteiger partial charge in [0, 0.05) is 24.9 Å². The molecule has 1 fully saturated rings. The van der Waals surface area contributed by atoms with E-state index in [0.717, 1.165) is 45.1 Å². The standard InChI is InChI=1S/C15H23NO3/c17-14(18)10-9-13-8-4-5-11-16(13)15(19)12-6-2-1-3-7-12/h1-2,12-13H,3-11H2,(H,17,18)/t12-,13+/m1/s1. The Labute approximate surface area is 114 Å². The molecule has 0 aromatic heterocycles. The zero-order chi connectivity index (χ0) is 13.7. The third-order valence-corrected chi connectivity index (χ3v) is 4.22. The molecule has 1 aliphatic carbocycles. The highest BCUT2D eigenvalue weighted by Crippen LogP contribution is 2.27. The number of allylic oxidation sites excluding steroid dienone is 2. The molecule has 0 radical (unpaired) electrons. The van der Waals surface area contributed by atoms with Crippen LogP contribution in [-0.2, 0) is 9.59 Å². The average Bonchev–Trinajstić information content (AvgIpc) is 2.45. The second-order valence-electron chi connectivity index (χ2n) is 5.60. The minimum Gasteiger partial charge on any atom is -0.481 e. The molecule has 4 nitrogen and oxygen atoms in total. The molecule has 1 aliphatic heterocycles. The quantitative estimate of drug-likeness (QED) is 0.795. The van der Waals surface area contributed by atoms with E-state index in [1.807, 2.05) is 4.90 Å². The summed E-state index contributed by atoms with van der Waals surface area (Å²) in [5.74, 6) is -0.395. The molecule has 1 heterocycles. The van der Waals surface area contributed by atoms with Crippen molar-refractivity contribution in [1.29, 1.82) is 0 Å². The third-order valence-electron chi connectivity index (χ3n) is 4.22. The smallest absolute Gasteiger partial charge is 0.303 e. The predicted octanol–water partition coefficient (Wildman–Crippen LogP) is 2.59. The normalized spacial score (nSPS) is 27.3. The van der Waals surface area contributed by atoms with E-state index in [9.17, 15) is 9.59 Å². The number of hydrogen-bond acceptors (Lipinski definition) is 2. The maximum atomic E-state index is 12.6. The first-order valence-electron chi connectivity index (χ1n) is 7.35. The molecule has 19 heavy (non-hydrogen) atoms. The lowest BCUT2D eigenvalue weighted by molar-refractivity contribution is -0.142. The van der Waals surface area contributed by atoms with Gasteiger partial charge in [0.1, 0.15) is 0 Å². The Morgan fingerprint density at radius 1 is 1.21 bits per heavy atom. The number of amides is 1. The number of carboxylic acids is 1. The summed E-state index contributed by atoms with van der Waals surface area (Å²) in [6.07, 6.45) is 10.9. The molecule has 106 valence electrons. The molecule has 1 amide bonds. The van der Waals surface area contributed by atoms with Crippen LogP contribution in [0.1, 0.15) is 51.4 Å². The summed E-state index contributed by atoms with van der Waals surface area (Å²) in [5, 5.41) is 8.81. The fourth-order valence-corrected chi connectivity index (χ4v) is 3.13. The first-order chi connectivity index (χ1) is 9.18. The molecule has 0 aromatic carbocycles. The number of rotatable bonds is 4. The Kier molecular flexibility index (Phi) is 5.00. The summed E-state index contributed by atoms with van der Waals surface area (Å²) >= 11 is 0. The summed E-state index contributed by atoms with van der Waals surface area (Å²) in [6, 6.07) is 0.142. The van der Waals surface area contributed by atoms with Crippen molar-refractivity contribution in [2.24, 2.45) is 5.92 Å². The molecule has 4 heteroatoms. The van der Waals surface area contributed by atoms with Gasteiger partial charge in [-0.15, -0.1) is 0 Å². The second-order valence-corrected chi connectivity index (χ2v) is 5.60. The number of hydrogen-bond donors (Lipinski definition) is 1. The molecular weight excluding hydrogens is 242 g/mol. The van der Waals surface area contributed by atoms with Gasteiger partial charge in [-0.05, 0) is 44.9 Å². The summed E-state index contributed by atoms with van der Waals surface area (Å²) in [6.45, 7) is 0.809. The van der Waals surface area contributed by atoms with Crippen LogP contribution in [0.4, 0.5) is 0 Å². The predicted molar refractivity (Wildman–Crippen MR) is 72.7 cm³/mol. The molecule has 0 bridgehead atoms. The Morgan fingerprint density at radius 2 is 2.05 bits per heavy atom. The maximum Gasteiger partial charge on any atom is 0.303 e. The van der Waals surface area contributed by atoms with E-state index in [1.54, 1.807) is 0 Å². The van der Waals surface area contributed by atoms with Crippen molar-refractivity contribution in [1.82, 2.24) is 4.90 Å². The van der Waals surface area contributed by atoms with Gasteiger partial charge < -0.3 is 10.0 Å². The molecule has 0 saturated carbocycles. The van der Waals surface area contributed by atoms with Crippen LogP contribution in [0.2, 0.25) is 0 Å². The van der Waals surface area contributed by atoms with Crippen LogP contribution < -0.4 is 0 Å². The molecule has 0 spiro atoms. The highest BCUT2D eigenvalue weighted by atomic mass is 16.4. The molecule has 2 atom stereocenters. The van der Waals surface area contributed by atoms with Crippen LogP contribution in [-0.4, -0.2) is 34.5 Å². The fraction of sp³-hybridized carbons (Fsp3) is 0.733. The van der Waals surface area contributed by atoms with Crippen molar-refractivity contribution < 1.29 is 14.7 Å². The Hall–Kier alpha value is -1.32. The van der Waals surface area contributed by atoms with Gasteiger partial charge in [-0.3, -0.25) is 9.59 Å². The van der Waals surface area contributed by atoms with Crippen molar-refractivity contribution >= 4 is 11.9 Å². The van der Waals surface area contributed by atoms with Crippen molar-refractivity contribution in [3.05, 3.63) is 12.2 Å². The first-order valence-corrected chi connectivity index (χ1v) is 7.35. The molecule has 2 rings (SSSR count). The van der Waals surface area contributed by atoms with Gasteiger partial charge in [0.15, 0.2) is 0 Å². The number of nitrogens with zero attached hydrogens (tertiary/aromatic N) is 1. The van der Waals surface area contributed by atoms with E-state index in [-0.39, 0.29) is 24.3 Å². The number of carboxylic acid groups (broad SMARTS) is 1. The van der Waals surface area contributed by atoms with Gasteiger partial charge in [0.2, 0.25) is 5.91 Å². The van der Waals surface area contributed by atoms with Crippen LogP contribution in [0.5, 0.6) is 0 Å². The van der Waals surface area contributed by atoms with E-state index in [1.165, 1.54) is 0 Å². The SMILES string of the molecule is O=C(O)CC[C@@H]1CCCCN1C(=O)[C@@H]1CC=CCC1. The summed E-state index contributed by atoms with van der Waals surface area (Å²) in [5.41, 5.74) is 0. The van der Waals surface area contributed by atoms with Gasteiger partial charge in [0.25, 0.3) is 0 Å². The fourth-order valence-electron chi connectivity index (χ4n) is 3.13. The summed E-state index contributed by atoms with van der Waals surface area (Å²) in [4.78, 5) is 25.2. The Balaban J connectivity index is 1.95. The summed E-state index contributed by atoms with van der Waals surface area (Å²) in [7, 11) is 0. The van der Waals surface area contributed by atoms with Gasteiger partial charge >= 0.3 is 5.97 Å². The monoisotopic (exact) mass is 265 g/mol. The topological polar surface area (TPSA) is 57.6 Å². The highest BCUT2D eigenvalue weighted by molar-refractivity contribution is 5.79. The van der Waals surface area contributed by atoms with Crippen LogP contribution in [0.15, 0.2) is 12.2 Å². The number of carbonyl (C=O) groups is 2. The first kappa shape index (κ1) is 14.1. The number of aliphatic carboxylic acids is 1. The number of carbonyl (C=O) groups excluding carboxylic acids is 1. The van der Waals surface area contributed by atoms with Gasteiger partial charge in [-0.2, -0.15) is 0 Å². The molecule has 1 saturated heterocycles. The van der Waals surface area contributed by atoms with E-state index in [4.69, 9.17) is 5.11 Å². The van der Waals surface area contributed by atoms with E-state index in [2.05, 4.69) is 12.2 Å². The van der Waals surface area contributed by atoms with Crippen LogP contribution in [0, 0.1) is 5.92 Å². The Morgan fingerprint density at radius 3 is 2.74 bits per heavy atom. The van der Waals surface area contributed by atoms with Crippen molar-refractivity contribution in [3.63, 3.8) is 0 Å². The van der Waals surface area contributed by atoms with Crippen molar-refractivity contribution in [2.75, 3.05) is 6.54 Å². The largest absolute Gasteiger partial charge is 0.481 e. The number of piperidine rings is 1. The minimum atomic E-state index is -0.765. The lowest BCUT2D eigenvalue weighted by atomic mass is 9.90. The van der Waals surface area contributed by atoms with Gasteiger partial charge in [0.05, 0.1) is 0 Å². The Bertz CT molecular complexity index is 364. The molecule has 2 aliphatic rings. The second kappa shape index (κ2) is 6.73. The van der Waals surface area contributed by atoms with Crippen LogP contribution in [0.25, 0.3) is 0 Å². The van der Waals surface area contributed by atoms with E-state index in [0.29, 0.717) is 6.42 Å². The summed E-state index contributed by atoms with van der Waals surface area (Å²) < 4.78 is 0. The van der Waals surface area contributed by atoms with Crippen LogP contribution in [0.3, 0.4) is 0 Å². The molecular formula is C15H23NO3. The van der Waals surface area contributed by atoms with Crippen molar-refractivity contribution in [2.45, 2.75) is 57.4 Å². The molecule has 0 aromatic rings. The lowest BCUT2D eigenvalue weighted by Gasteiger charge is -2.38. The maximum absolute atomic E-state index is 12.6. The highest BCUT2D eigenvalue weighted by Gasteiger charge is 2.31. The lowest BCUT2D eigenvalue weighted by Crippen LogP contribution is -2.46. The zero-order valence-corrected chi connectivity index (χ0v) is 11.4. The minimum absolute atomic E-state index is 0.121. The average molecular weight is 265 g/mol. The molecule has 0 unspecified atom stereocenters. The van der Waals surface area contributed by atoms with Gasteiger partial charge in [-0.1, -0.05) is 12.2 Å². The van der Waals surface area contributed by atoms with E-state index < -0.39 is 5.97 Å². The molecule has 1 N–H and O–H groups in total. The van der Waals surface area contributed by atoms with Gasteiger partial charge in [-0.25, -0.2) is 0 Å². The number of likely N-dealkylation sites (tertiary alicyclic amines) is 1. The third kappa shape index (κ3) is 3.82.